The summed E-state index contributed by atoms with van der Waals surface area (Å²) in [6, 6.07) is 84.7. The summed E-state index contributed by atoms with van der Waals surface area (Å²) in [6.07, 6.45) is 0. The Hall–Kier alpha value is -8.30. The number of thiophene rings is 1. The van der Waals surface area contributed by atoms with Crippen LogP contribution in [0.4, 0.5) is 0 Å². The van der Waals surface area contributed by atoms with Gasteiger partial charge in [0.25, 0.3) is 0 Å². The number of furan rings is 1. The van der Waals surface area contributed by atoms with Gasteiger partial charge in [-0.2, -0.15) is 0 Å². The van der Waals surface area contributed by atoms with Crippen LogP contribution in [0, 0.1) is 0 Å². The third-order valence-corrected chi connectivity index (χ3v) is 15.0. The molecule has 0 aliphatic carbocycles. The predicted octanol–water partition coefficient (Wildman–Crippen LogP) is 18.9. The monoisotopic (exact) mass is 854 g/mol. The van der Waals surface area contributed by atoms with E-state index >= 15 is 0 Å². The van der Waals surface area contributed by atoms with Crippen molar-refractivity contribution in [2.75, 3.05) is 0 Å². The Kier molecular flexibility index (Phi) is 8.22. The fraction of sp³-hybridized carbons (Fsp3) is 0. The highest BCUT2D eigenvalue weighted by atomic mass is 32.1. The number of rotatable bonds is 5. The molecule has 0 bridgehead atoms. The van der Waals surface area contributed by atoms with Crippen LogP contribution in [0.1, 0.15) is 0 Å². The molecule has 1 nitrogen and oxygen atoms in total. The fourth-order valence-electron chi connectivity index (χ4n) is 10.9. The molecule has 0 fully saturated rings. The minimum absolute atomic E-state index is 0.899. The Bertz CT molecular complexity index is 4160. The molecule has 14 aromatic rings. The molecule has 0 atom stereocenters. The first-order chi connectivity index (χ1) is 32.7. The van der Waals surface area contributed by atoms with Gasteiger partial charge in [0.2, 0.25) is 0 Å². The molecular weight excluding hydrogens is 817 g/mol. The van der Waals surface area contributed by atoms with Crippen LogP contribution in [-0.2, 0) is 0 Å². The zero-order chi connectivity index (χ0) is 43.3. The summed E-state index contributed by atoms with van der Waals surface area (Å²) in [4.78, 5) is 0. The van der Waals surface area contributed by atoms with Gasteiger partial charge < -0.3 is 4.42 Å². The van der Waals surface area contributed by atoms with Gasteiger partial charge in [0.15, 0.2) is 0 Å². The van der Waals surface area contributed by atoms with E-state index in [1.54, 1.807) is 0 Å². The number of fused-ring (bicyclic) bond motifs is 10. The molecule has 2 heterocycles. The lowest BCUT2D eigenvalue weighted by Gasteiger charge is -2.18. The molecule has 0 saturated heterocycles. The highest BCUT2D eigenvalue weighted by molar-refractivity contribution is 7.25. The molecule has 0 aliphatic rings. The lowest BCUT2D eigenvalue weighted by molar-refractivity contribution is 0.669. The van der Waals surface area contributed by atoms with Gasteiger partial charge in [-0.25, -0.2) is 0 Å². The second-order valence-corrected chi connectivity index (χ2v) is 18.5. The lowest BCUT2D eigenvalue weighted by Crippen LogP contribution is -1.91. The van der Waals surface area contributed by atoms with E-state index in [1.165, 1.54) is 119 Å². The third-order valence-electron chi connectivity index (χ3n) is 13.8. The van der Waals surface area contributed by atoms with Crippen LogP contribution in [0.15, 0.2) is 235 Å². The molecule has 0 amide bonds. The standard InChI is InChI=1S/C64H38OS/c1-3-15-39(16-4-1)41-28-32-57-54(35-41)55-36-42(29-33-58(55)65-57)62-50-23-11-13-25-52(50)64(53-26-14-12-24-51(53)62)44-27-31-45-56-37-43(30-34-59(56)66-60(45)38-44)63-48-21-9-7-19-46(48)61(40-17-5-2-6-18-40)47-20-8-10-22-49(47)63/h1-38H. The lowest BCUT2D eigenvalue weighted by atomic mass is 9.85. The molecule has 2 heteroatoms. The van der Waals surface area contributed by atoms with Crippen molar-refractivity contribution in [2.24, 2.45) is 0 Å². The average molecular weight is 855 g/mol. The summed E-state index contributed by atoms with van der Waals surface area (Å²) in [5.74, 6) is 0. The van der Waals surface area contributed by atoms with Gasteiger partial charge in [0, 0.05) is 30.9 Å². The van der Waals surface area contributed by atoms with E-state index in [2.05, 4.69) is 231 Å². The Balaban J connectivity index is 0.930. The summed E-state index contributed by atoms with van der Waals surface area (Å²) in [5.41, 5.74) is 14.2. The van der Waals surface area contributed by atoms with Gasteiger partial charge in [0.05, 0.1) is 0 Å². The normalized spacial score (nSPS) is 11.9. The van der Waals surface area contributed by atoms with Crippen LogP contribution in [0.3, 0.4) is 0 Å². The van der Waals surface area contributed by atoms with Crippen LogP contribution in [0.5, 0.6) is 0 Å². The highest BCUT2D eigenvalue weighted by Gasteiger charge is 2.21. The Morgan fingerprint density at radius 3 is 1.08 bits per heavy atom. The zero-order valence-corrected chi connectivity index (χ0v) is 36.6. The maximum atomic E-state index is 6.43. The Labute approximate surface area is 385 Å². The van der Waals surface area contributed by atoms with E-state index in [4.69, 9.17) is 4.42 Å². The van der Waals surface area contributed by atoms with Crippen molar-refractivity contribution >= 4 is 96.5 Å². The quantitative estimate of drug-likeness (QED) is 0.157. The number of hydrogen-bond acceptors (Lipinski definition) is 2. The van der Waals surface area contributed by atoms with Crippen molar-refractivity contribution in [3.05, 3.63) is 231 Å². The van der Waals surface area contributed by atoms with Gasteiger partial charge >= 0.3 is 0 Å². The maximum absolute atomic E-state index is 6.43. The molecule has 14 rings (SSSR count). The molecular formula is C64H38OS. The van der Waals surface area contributed by atoms with E-state index in [-0.39, 0.29) is 0 Å². The van der Waals surface area contributed by atoms with Crippen LogP contribution < -0.4 is 0 Å². The summed E-state index contributed by atoms with van der Waals surface area (Å²) in [5, 5.41) is 14.9. The minimum Gasteiger partial charge on any atom is -0.456 e. The van der Waals surface area contributed by atoms with Crippen molar-refractivity contribution in [1.82, 2.24) is 0 Å². The Morgan fingerprint density at radius 1 is 0.212 bits per heavy atom. The van der Waals surface area contributed by atoms with E-state index in [1.807, 2.05) is 11.3 Å². The van der Waals surface area contributed by atoms with Crippen LogP contribution >= 0.6 is 11.3 Å². The van der Waals surface area contributed by atoms with Crippen molar-refractivity contribution in [2.45, 2.75) is 0 Å². The third kappa shape index (κ3) is 5.65. The van der Waals surface area contributed by atoms with Crippen LogP contribution in [-0.4, -0.2) is 0 Å². The first kappa shape index (κ1) is 37.1. The molecule has 0 radical (unpaired) electrons. The molecule has 0 N–H and O–H groups in total. The van der Waals surface area contributed by atoms with Crippen LogP contribution in [0.2, 0.25) is 0 Å². The highest BCUT2D eigenvalue weighted by Crippen LogP contribution is 2.48. The van der Waals surface area contributed by atoms with Crippen LogP contribution in [0.25, 0.3) is 141 Å². The SMILES string of the molecule is c1ccc(-c2ccc3oc4ccc(-c5c6ccccc6c(-c6ccc7c(c6)sc6ccc(-c8c9ccccc9c(-c9ccccc9)c9ccccc89)cc67)c6ccccc56)cc4c3c2)cc1. The fourth-order valence-corrected chi connectivity index (χ4v) is 12.1. The predicted molar refractivity (Wildman–Crippen MR) is 284 cm³/mol. The summed E-state index contributed by atoms with van der Waals surface area (Å²) in [7, 11) is 0. The summed E-state index contributed by atoms with van der Waals surface area (Å²) in [6.45, 7) is 0. The number of benzene rings is 12. The zero-order valence-electron chi connectivity index (χ0n) is 35.8. The molecule has 0 unspecified atom stereocenters. The van der Waals surface area contributed by atoms with Gasteiger partial charge in [-0.15, -0.1) is 11.3 Å². The first-order valence-electron chi connectivity index (χ1n) is 22.6. The van der Waals surface area contributed by atoms with E-state index in [9.17, 15) is 0 Å². The van der Waals surface area contributed by atoms with E-state index in [0.29, 0.717) is 0 Å². The van der Waals surface area contributed by atoms with Gasteiger partial charge in [-0.05, 0) is 141 Å². The van der Waals surface area contributed by atoms with E-state index in [0.717, 1.165) is 21.9 Å². The number of hydrogen-bond donors (Lipinski definition) is 0. The maximum Gasteiger partial charge on any atom is 0.135 e. The second kappa shape index (κ2) is 14.6. The van der Waals surface area contributed by atoms with Crippen molar-refractivity contribution in [3.63, 3.8) is 0 Å². The molecule has 0 spiro atoms. The van der Waals surface area contributed by atoms with Crippen molar-refractivity contribution in [3.8, 4) is 55.6 Å². The summed E-state index contributed by atoms with van der Waals surface area (Å²) >= 11 is 1.89. The molecule has 66 heavy (non-hydrogen) atoms. The summed E-state index contributed by atoms with van der Waals surface area (Å²) < 4.78 is 9.01. The molecule has 2 aromatic heterocycles. The first-order valence-corrected chi connectivity index (χ1v) is 23.5. The molecule has 0 saturated carbocycles. The second-order valence-electron chi connectivity index (χ2n) is 17.5. The average Bonchev–Trinajstić information content (AvgIpc) is 3.94. The topological polar surface area (TPSA) is 13.1 Å². The van der Waals surface area contributed by atoms with E-state index < -0.39 is 0 Å². The minimum atomic E-state index is 0.899. The molecule has 0 aliphatic heterocycles. The smallest absolute Gasteiger partial charge is 0.135 e. The molecule has 306 valence electrons. The van der Waals surface area contributed by atoms with Gasteiger partial charge in [0.1, 0.15) is 11.2 Å². The Morgan fingerprint density at radius 2 is 0.576 bits per heavy atom. The van der Waals surface area contributed by atoms with Gasteiger partial charge in [-0.1, -0.05) is 188 Å². The van der Waals surface area contributed by atoms with Crippen molar-refractivity contribution < 1.29 is 4.42 Å². The van der Waals surface area contributed by atoms with Gasteiger partial charge in [-0.3, -0.25) is 0 Å². The largest absolute Gasteiger partial charge is 0.456 e. The molecule has 12 aromatic carbocycles. The van der Waals surface area contributed by atoms with Crippen molar-refractivity contribution in [1.29, 1.82) is 0 Å².